The van der Waals surface area contributed by atoms with Crippen LogP contribution in [0.1, 0.15) is 75.9 Å². The summed E-state index contributed by atoms with van der Waals surface area (Å²) in [6, 6.07) is 75.4. The standard InChI is InChI=1S/C98H88N26O16S5/c1-6-45-139-89-57-86(124-122-85-44-36-79(56-92(85)145(136,137)138)118-110-70-19-11-8-12-20-70)62(3)49-68(89)54-94-103-93(53-65-21-41-82(61(2)48-65)119-115-73-26-22-71(23-27-73)111-113-75-30-37-80(38-31-75)143(130,131)132)104-95(105-94)99-59-66-15-13-16-67(52-66)60-100-96-106-97(101-77-34-42-83(63(4)50-77)120-121-84-43-35-78(55-91(84)141(125)126)117-109-69-17-9-7-10-18-69)108-98(107-96)102-88-51-64(5)87(58-90(88)140-46-14-47-142(127,128)129)123-116-74-28-24-72(25-29-74)112-114-76-32-39-81(40-33-76)144(133,134)135/h7-13,15-44,48-52,55-58H,6,14,45-47,53-54,59-60H2,1-5H3,(H,125,126)(H,127,128,129)(H,130,131,132)(H,133,134,135)(H,136,137,138)(H,99,103,104,105)(H3,100,101,102,106,107,108). The van der Waals surface area contributed by atoms with Crippen LogP contribution < -0.4 is 30.7 Å². The average molecular weight is 2050 g/mol. The quantitative estimate of drug-likeness (QED) is 0.00742. The summed E-state index contributed by atoms with van der Waals surface area (Å²) < 4.78 is 170. The van der Waals surface area contributed by atoms with Crippen molar-refractivity contribution >= 4 is 178 Å². The fraction of sp³-hybridized carbons (Fsp3) is 0.143. The first-order valence-electron chi connectivity index (χ1n) is 44.1. The van der Waals surface area contributed by atoms with Gasteiger partial charge in [-0.25, -0.2) is 9.19 Å². The number of benzene rings is 13. The van der Waals surface area contributed by atoms with Gasteiger partial charge in [-0.2, -0.15) is 130 Å². The van der Waals surface area contributed by atoms with Crippen LogP contribution in [0.15, 0.2) is 380 Å². The fourth-order valence-electron chi connectivity index (χ4n) is 13.7. The Kier molecular flexibility index (Phi) is 33.4. The van der Waals surface area contributed by atoms with Gasteiger partial charge in [0.15, 0.2) is 11.1 Å². The highest BCUT2D eigenvalue weighted by atomic mass is 32.2. The molecule has 1 unspecified atom stereocenters. The summed E-state index contributed by atoms with van der Waals surface area (Å²) in [5.74, 6) is 1.03. The summed E-state index contributed by atoms with van der Waals surface area (Å²) in [6.07, 6.45) is 0.859. The van der Waals surface area contributed by atoms with Crippen molar-refractivity contribution in [3.63, 3.8) is 0 Å². The van der Waals surface area contributed by atoms with E-state index in [1.54, 1.807) is 148 Å². The van der Waals surface area contributed by atoms with Crippen molar-refractivity contribution in [2.24, 2.45) is 81.8 Å². The second-order valence-electron chi connectivity index (χ2n) is 32.0. The van der Waals surface area contributed by atoms with Crippen LogP contribution >= 0.6 is 0 Å². The topological polar surface area (TPSA) is 596 Å². The lowest BCUT2D eigenvalue weighted by molar-refractivity contribution is 0.314. The molecule has 13 aromatic carbocycles. The summed E-state index contributed by atoms with van der Waals surface area (Å²) in [6.45, 7) is 9.66. The molecule has 0 aliphatic heterocycles. The van der Waals surface area contributed by atoms with Crippen molar-refractivity contribution in [1.82, 2.24) is 29.9 Å². The summed E-state index contributed by atoms with van der Waals surface area (Å²) in [7, 11) is -18.0. The van der Waals surface area contributed by atoms with E-state index >= 15 is 0 Å². The maximum Gasteiger partial charge on any atom is 0.296 e. The molecule has 0 aliphatic rings. The van der Waals surface area contributed by atoms with Crippen LogP contribution in [0.25, 0.3) is 0 Å². The molecule has 0 saturated heterocycles. The van der Waals surface area contributed by atoms with Gasteiger partial charge in [0.2, 0.25) is 23.8 Å². The molecule has 15 aromatic rings. The van der Waals surface area contributed by atoms with Gasteiger partial charge < -0.3 is 35.3 Å². The summed E-state index contributed by atoms with van der Waals surface area (Å²) in [4.78, 5) is 28.4. The highest BCUT2D eigenvalue weighted by Gasteiger charge is 2.23. The second-order valence-corrected chi connectivity index (χ2v) is 38.8. The zero-order valence-electron chi connectivity index (χ0n) is 77.5. The van der Waals surface area contributed by atoms with E-state index in [0.717, 1.165) is 28.3 Å². The van der Waals surface area contributed by atoms with Crippen molar-refractivity contribution in [3.8, 4) is 11.5 Å². The summed E-state index contributed by atoms with van der Waals surface area (Å²) >= 11 is -2.48. The van der Waals surface area contributed by atoms with Crippen LogP contribution in [0, 0.1) is 27.7 Å². The summed E-state index contributed by atoms with van der Waals surface area (Å²) in [5.41, 5.74) is 12.2. The highest BCUT2D eigenvalue weighted by Crippen LogP contribution is 2.41. The molecule has 145 heavy (non-hydrogen) atoms. The molecule has 0 radical (unpaired) electrons. The Balaban J connectivity index is 0.705. The zero-order valence-corrected chi connectivity index (χ0v) is 81.6. The van der Waals surface area contributed by atoms with Crippen LogP contribution in [0.5, 0.6) is 11.5 Å². The number of anilines is 6. The molecule has 0 amide bonds. The van der Waals surface area contributed by atoms with Crippen molar-refractivity contribution < 1.29 is 70.1 Å². The molecule has 2 aromatic heterocycles. The average Bonchev–Trinajstić information content (AvgIpc) is 0.796. The van der Waals surface area contributed by atoms with E-state index in [2.05, 4.69) is 103 Å². The lowest BCUT2D eigenvalue weighted by atomic mass is 10.0. The number of hydrogen-bond acceptors (Lipinski definition) is 37. The van der Waals surface area contributed by atoms with Crippen LogP contribution in [-0.2, 0) is 77.5 Å². The molecule has 0 spiro atoms. The molecule has 0 fully saturated rings. The largest absolute Gasteiger partial charge is 0.493 e. The van der Waals surface area contributed by atoms with E-state index in [9.17, 15) is 60.6 Å². The number of ether oxygens (including phenoxy) is 2. The number of aryl methyl sites for hydroxylation is 4. The smallest absolute Gasteiger partial charge is 0.296 e. The number of hydrogen-bond donors (Lipinski definition) is 9. The predicted molar refractivity (Wildman–Crippen MR) is 543 cm³/mol. The maximum atomic E-state index is 12.8. The maximum absolute atomic E-state index is 12.8. The monoisotopic (exact) mass is 2040 g/mol. The van der Waals surface area contributed by atoms with E-state index in [-0.39, 0.29) is 100 Å². The van der Waals surface area contributed by atoms with Gasteiger partial charge in [-0.05, 0) is 274 Å². The molecule has 0 saturated carbocycles. The lowest BCUT2D eigenvalue weighted by Gasteiger charge is -2.16. The Morgan fingerprint density at radius 3 is 1.26 bits per heavy atom. The normalized spacial score (nSPS) is 12.5. The van der Waals surface area contributed by atoms with Crippen molar-refractivity contribution in [3.05, 3.63) is 335 Å². The first-order valence-corrected chi connectivity index (χ1v) is 51.1. The second kappa shape index (κ2) is 47.2. The van der Waals surface area contributed by atoms with E-state index in [1.165, 1.54) is 72.8 Å². The molecule has 736 valence electrons. The van der Waals surface area contributed by atoms with E-state index in [4.69, 9.17) is 39.4 Å². The number of nitrogens with zero attached hydrogens (tertiary/aromatic N) is 22. The Morgan fingerprint density at radius 2 is 0.738 bits per heavy atom. The predicted octanol–water partition coefficient (Wildman–Crippen LogP) is 26.3. The number of nitrogens with one attached hydrogen (secondary N) is 4. The Labute approximate surface area is 834 Å². The van der Waals surface area contributed by atoms with Crippen molar-refractivity contribution in [2.45, 2.75) is 93.0 Å². The third-order valence-electron chi connectivity index (χ3n) is 20.9. The minimum Gasteiger partial charge on any atom is -0.493 e. The molecule has 9 N–H and O–H groups in total. The first kappa shape index (κ1) is 103. The van der Waals surface area contributed by atoms with Gasteiger partial charge in [0, 0.05) is 49.3 Å². The first-order chi connectivity index (χ1) is 69.6. The molecular formula is C98H88N26O16S5. The lowest BCUT2D eigenvalue weighted by Crippen LogP contribution is -2.12. The van der Waals surface area contributed by atoms with Crippen molar-refractivity contribution in [1.29, 1.82) is 0 Å². The van der Waals surface area contributed by atoms with Gasteiger partial charge in [-0.15, -0.1) is 10.2 Å². The van der Waals surface area contributed by atoms with Gasteiger partial charge in [0.1, 0.15) is 39.4 Å². The molecule has 0 aliphatic carbocycles. The van der Waals surface area contributed by atoms with Gasteiger partial charge in [-0.3, -0.25) is 18.2 Å². The van der Waals surface area contributed by atoms with Gasteiger partial charge in [0.05, 0.1) is 119 Å². The molecule has 42 nitrogen and oxygen atoms in total. The number of aromatic nitrogens is 6. The minimum atomic E-state index is -4.84. The molecule has 47 heteroatoms. The molecular weight excluding hydrogens is 1960 g/mol. The minimum absolute atomic E-state index is 0.0167. The van der Waals surface area contributed by atoms with E-state index in [0.29, 0.717) is 138 Å². The van der Waals surface area contributed by atoms with Crippen LogP contribution in [0.4, 0.5) is 126 Å². The van der Waals surface area contributed by atoms with Gasteiger partial charge in [-0.1, -0.05) is 79.7 Å². The zero-order chi connectivity index (χ0) is 102. The Morgan fingerprint density at radius 1 is 0.331 bits per heavy atom. The SMILES string of the molecule is CCCOc1cc(N=Nc2ccc(N=Nc3ccccc3)cc2S(=O)(=O)O)c(C)cc1Cc1nc(Cc2ccc(N=Nc3ccc(N=Nc4ccc(S(=O)(=O)O)cc4)cc3)c(C)c2)nc(NCc2cccc(CNc3nc(Nc4ccc(N=Nc5ccc(N=Nc6ccccc6)cc5S(=O)O)c(C)c4)nc(Nc4cc(C)c(N=Nc5ccc(N=Nc6ccc(S(=O)(=O)O)cc6)cc5)cc4OCCCS(=O)(=O)O)n3)c2)n1. The van der Waals surface area contributed by atoms with Crippen LogP contribution in [0.3, 0.4) is 0 Å². The third-order valence-corrected chi connectivity index (χ3v) is 25.0. The van der Waals surface area contributed by atoms with E-state index in [1.807, 2.05) is 86.6 Å². The molecule has 0 bridgehead atoms. The highest BCUT2D eigenvalue weighted by molar-refractivity contribution is 7.86. The molecule has 15 rings (SSSR count). The fourth-order valence-corrected chi connectivity index (χ4v) is 16.3. The molecule has 1 atom stereocenters. The summed E-state index contributed by atoms with van der Waals surface area (Å²) in [5, 5.41) is 82.5. The third kappa shape index (κ3) is 30.2. The molecule has 2 heterocycles. The van der Waals surface area contributed by atoms with Crippen LogP contribution in [0.2, 0.25) is 0 Å². The number of azo groups is 8. The van der Waals surface area contributed by atoms with Gasteiger partial charge >= 0.3 is 0 Å². The Hall–Kier alpha value is -16.8. The van der Waals surface area contributed by atoms with Gasteiger partial charge in [0.25, 0.3) is 40.5 Å². The number of rotatable bonds is 42. The Bertz CT molecular complexity index is 8070. The van der Waals surface area contributed by atoms with Crippen LogP contribution in [-0.4, -0.2) is 110 Å². The van der Waals surface area contributed by atoms with Crippen molar-refractivity contribution in [2.75, 3.05) is 40.2 Å². The van der Waals surface area contributed by atoms with E-state index < -0.39 is 62.2 Å².